The maximum atomic E-state index is 13.7. The Bertz CT molecular complexity index is 1540. The van der Waals surface area contributed by atoms with Gasteiger partial charge in [0.1, 0.15) is 18.2 Å². The Hall–Kier alpha value is -2.74. The van der Waals surface area contributed by atoms with Crippen molar-refractivity contribution in [1.82, 2.24) is 14.7 Å². The van der Waals surface area contributed by atoms with Crippen LogP contribution in [0.1, 0.15) is 80.1 Å². The number of benzene rings is 1. The minimum absolute atomic E-state index is 0.208. The number of rotatable bonds is 9. The van der Waals surface area contributed by atoms with E-state index in [0.717, 1.165) is 24.0 Å². The molecular formula is C28H32N4O6S2. The van der Waals surface area contributed by atoms with E-state index in [-0.39, 0.29) is 24.3 Å². The van der Waals surface area contributed by atoms with Crippen LogP contribution in [0.25, 0.3) is 0 Å². The van der Waals surface area contributed by atoms with Gasteiger partial charge in [0, 0.05) is 17.1 Å². The van der Waals surface area contributed by atoms with Gasteiger partial charge in [0.2, 0.25) is 5.78 Å². The minimum Gasteiger partial charge on any atom is -0.391 e. The number of aliphatic hydroxyl groups excluding tert-OH is 1. The minimum atomic E-state index is -3.95. The highest BCUT2D eigenvalue weighted by Gasteiger charge is 2.36. The molecule has 0 bridgehead atoms. The molecule has 0 spiro atoms. The Labute approximate surface area is 237 Å². The summed E-state index contributed by atoms with van der Waals surface area (Å²) in [5.41, 5.74) is 5.17. The summed E-state index contributed by atoms with van der Waals surface area (Å²) in [6.07, 6.45) is 5.64. The summed E-state index contributed by atoms with van der Waals surface area (Å²) in [6, 6.07) is 7.67. The lowest BCUT2D eigenvalue weighted by atomic mass is 9.90. The van der Waals surface area contributed by atoms with Gasteiger partial charge in [-0.15, -0.1) is 11.3 Å². The number of aryl methyl sites for hydroxylation is 1. The lowest BCUT2D eigenvalue weighted by Crippen LogP contribution is -2.40. The number of aliphatic hydroxyl groups is 1. The number of thiophene rings is 1. The second kappa shape index (κ2) is 10.9. The number of carbonyl (C=O) groups is 1. The molecule has 0 saturated heterocycles. The number of ether oxygens (including phenoxy) is 1. The lowest BCUT2D eigenvalue weighted by molar-refractivity contribution is 0.0697. The van der Waals surface area contributed by atoms with Crippen molar-refractivity contribution in [2.24, 2.45) is 0 Å². The van der Waals surface area contributed by atoms with E-state index in [4.69, 9.17) is 4.74 Å². The molecule has 1 aliphatic heterocycles. The van der Waals surface area contributed by atoms with E-state index >= 15 is 0 Å². The number of ketones is 1. The molecule has 2 aliphatic carbocycles. The molecule has 2 fully saturated rings. The average Bonchev–Trinajstić information content (AvgIpc) is 3.65. The fraction of sp³-hybridized carbons (Fsp3) is 0.464. The number of anilines is 1. The van der Waals surface area contributed by atoms with Gasteiger partial charge in [0.25, 0.3) is 0 Å². The van der Waals surface area contributed by atoms with Gasteiger partial charge in [-0.05, 0) is 73.3 Å². The number of hydrogen-bond donors (Lipinski definition) is 3. The maximum Gasteiger partial charge on any atom is 0.335 e. The number of hydrogen-bond acceptors (Lipinski definition) is 10. The van der Waals surface area contributed by atoms with Crippen LogP contribution in [0, 0.1) is 6.92 Å². The molecule has 0 unspecified atom stereocenters. The first-order chi connectivity index (χ1) is 19.2. The average molecular weight is 585 g/mol. The lowest BCUT2D eigenvalue weighted by Gasteiger charge is -2.27. The summed E-state index contributed by atoms with van der Waals surface area (Å²) in [5, 5.41) is 13.6. The quantitative estimate of drug-likeness (QED) is 0.323. The first-order valence-corrected chi connectivity index (χ1v) is 15.7. The molecule has 0 amide bonds. The molecule has 0 radical (unpaired) electrons. The third kappa shape index (κ3) is 5.56. The molecule has 2 aromatic heterocycles. The second-order valence-corrected chi connectivity index (χ2v) is 13.4. The van der Waals surface area contributed by atoms with E-state index in [0.29, 0.717) is 35.2 Å². The molecule has 40 heavy (non-hydrogen) atoms. The number of fused-ring (bicyclic) bond motifs is 1. The summed E-state index contributed by atoms with van der Waals surface area (Å²) in [7, 11) is -2.89. The highest BCUT2D eigenvalue weighted by atomic mass is 32.2. The zero-order valence-electron chi connectivity index (χ0n) is 22.3. The zero-order chi connectivity index (χ0) is 28.0. The standard InChI is InChI=1S/C28H32N4O6S2/c1-15-20(27-21-9-18(16-3-4-16)6-5-17(21)7-8-38-27)12-25(39-15)26(34)22-13-29-14-30-28(22)31-19-10-23(24(33)11-19)32-40(35,36)37-2/h5-6,9,12-14,16,19,23-24,27,32-33H,3-4,7-8,10-11H2,1-2H3,(H,29,30,31)/t19-,23-,24+,27+/m1/s1. The molecule has 2 saturated carbocycles. The predicted molar refractivity (Wildman–Crippen MR) is 150 cm³/mol. The highest BCUT2D eigenvalue weighted by Crippen LogP contribution is 2.44. The normalized spacial score (nSPS) is 24.6. The van der Waals surface area contributed by atoms with Gasteiger partial charge in [-0.3, -0.25) is 8.98 Å². The Kier molecular flexibility index (Phi) is 7.49. The highest BCUT2D eigenvalue weighted by molar-refractivity contribution is 7.84. The molecule has 12 heteroatoms. The Balaban J connectivity index is 1.23. The smallest absolute Gasteiger partial charge is 0.335 e. The maximum absolute atomic E-state index is 13.7. The van der Waals surface area contributed by atoms with Crippen molar-refractivity contribution >= 4 is 33.2 Å². The van der Waals surface area contributed by atoms with Crippen LogP contribution in [0.15, 0.2) is 36.8 Å². The van der Waals surface area contributed by atoms with Gasteiger partial charge in [0.15, 0.2) is 0 Å². The van der Waals surface area contributed by atoms with Crippen molar-refractivity contribution in [3.8, 4) is 0 Å². The van der Waals surface area contributed by atoms with E-state index in [9.17, 15) is 18.3 Å². The first-order valence-electron chi connectivity index (χ1n) is 13.4. The Morgan fingerprint density at radius 2 is 2.02 bits per heavy atom. The van der Waals surface area contributed by atoms with Crippen LogP contribution in [0.5, 0.6) is 0 Å². The molecule has 3 heterocycles. The van der Waals surface area contributed by atoms with Crippen LogP contribution in [0.3, 0.4) is 0 Å². The predicted octanol–water partition coefficient (Wildman–Crippen LogP) is 3.40. The summed E-state index contributed by atoms with van der Waals surface area (Å²) < 4.78 is 36.7. The largest absolute Gasteiger partial charge is 0.391 e. The van der Waals surface area contributed by atoms with Crippen molar-refractivity contribution in [3.63, 3.8) is 0 Å². The van der Waals surface area contributed by atoms with Crippen LogP contribution in [0.4, 0.5) is 5.82 Å². The van der Waals surface area contributed by atoms with Gasteiger partial charge >= 0.3 is 10.3 Å². The van der Waals surface area contributed by atoms with Crippen LogP contribution in [-0.2, 0) is 25.6 Å². The monoisotopic (exact) mass is 584 g/mol. The topological polar surface area (TPSA) is 140 Å². The van der Waals surface area contributed by atoms with Gasteiger partial charge in [-0.25, -0.2) is 9.97 Å². The summed E-state index contributed by atoms with van der Waals surface area (Å²) in [4.78, 5) is 23.7. The molecule has 6 rings (SSSR count). The summed E-state index contributed by atoms with van der Waals surface area (Å²) >= 11 is 1.43. The van der Waals surface area contributed by atoms with Crippen molar-refractivity contribution in [2.75, 3.05) is 19.0 Å². The van der Waals surface area contributed by atoms with Crippen LogP contribution >= 0.6 is 11.3 Å². The molecule has 3 aliphatic rings. The Morgan fingerprint density at radius 3 is 2.80 bits per heavy atom. The number of carbonyl (C=O) groups excluding carboxylic acids is 1. The molecule has 212 valence electrons. The zero-order valence-corrected chi connectivity index (χ0v) is 23.9. The van der Waals surface area contributed by atoms with Crippen molar-refractivity contribution in [2.45, 2.75) is 69.2 Å². The number of aromatic nitrogens is 2. The van der Waals surface area contributed by atoms with Crippen LogP contribution in [-0.4, -0.2) is 61.2 Å². The molecule has 4 atom stereocenters. The van der Waals surface area contributed by atoms with Crippen molar-refractivity contribution in [1.29, 1.82) is 0 Å². The van der Waals surface area contributed by atoms with E-state index in [2.05, 4.69) is 42.4 Å². The van der Waals surface area contributed by atoms with Crippen LogP contribution in [0.2, 0.25) is 0 Å². The number of nitrogens with zero attached hydrogens (tertiary/aromatic N) is 2. The van der Waals surface area contributed by atoms with Crippen LogP contribution < -0.4 is 10.0 Å². The SMILES string of the molecule is COS(=O)(=O)N[C@@H]1C[C@@H](Nc2ncncc2C(=O)c2cc([C@@H]3OCCc4ccc(C5CC5)cc43)c(C)s2)C[C@@H]1O. The second-order valence-electron chi connectivity index (χ2n) is 10.7. The summed E-state index contributed by atoms with van der Waals surface area (Å²) in [5.74, 6) is 0.780. The van der Waals surface area contributed by atoms with E-state index in [1.807, 2.05) is 13.0 Å². The number of nitrogens with one attached hydrogen (secondary N) is 2. The summed E-state index contributed by atoms with van der Waals surface area (Å²) in [6.45, 7) is 2.65. The van der Waals surface area contributed by atoms with Gasteiger partial charge in [0.05, 0.1) is 36.3 Å². The van der Waals surface area contributed by atoms with Crippen molar-refractivity contribution < 1.29 is 27.2 Å². The fourth-order valence-corrected chi connectivity index (χ4v) is 7.41. The fourth-order valence-electron chi connectivity index (χ4n) is 5.69. The van der Waals surface area contributed by atoms with E-state index < -0.39 is 22.4 Å². The third-order valence-electron chi connectivity index (χ3n) is 7.96. The van der Waals surface area contributed by atoms with Crippen molar-refractivity contribution in [3.05, 3.63) is 74.4 Å². The van der Waals surface area contributed by atoms with E-state index in [1.54, 1.807) is 0 Å². The third-order valence-corrected chi connectivity index (χ3v) is 10.1. The molecule has 3 N–H and O–H groups in total. The van der Waals surface area contributed by atoms with Gasteiger partial charge in [-0.2, -0.15) is 13.1 Å². The van der Waals surface area contributed by atoms with Gasteiger partial charge < -0.3 is 15.2 Å². The molecule has 10 nitrogen and oxygen atoms in total. The first kappa shape index (κ1) is 27.4. The van der Waals surface area contributed by atoms with Gasteiger partial charge in [-0.1, -0.05) is 18.2 Å². The molecular weight excluding hydrogens is 552 g/mol. The molecule has 3 aromatic rings. The Morgan fingerprint density at radius 1 is 1.20 bits per heavy atom. The molecule has 1 aromatic carbocycles. The van der Waals surface area contributed by atoms with E-state index in [1.165, 1.54) is 53.4 Å².